The molecule has 1 aliphatic rings. The van der Waals surface area contributed by atoms with Gasteiger partial charge in [-0.2, -0.15) is 0 Å². The van der Waals surface area contributed by atoms with Gasteiger partial charge in [0.15, 0.2) is 0 Å². The third-order valence-electron chi connectivity index (χ3n) is 2.92. The van der Waals surface area contributed by atoms with Crippen LogP contribution in [-0.2, 0) is 4.79 Å². The summed E-state index contributed by atoms with van der Waals surface area (Å²) in [6, 6.07) is 11.9. The average Bonchev–Trinajstić information content (AvgIpc) is 2.94. The number of hydrogen-bond donors (Lipinski definition) is 0. The molecule has 0 bridgehead atoms. The number of rotatable bonds is 1. The largest absolute Gasteiger partial charge is 0.311 e. The van der Waals surface area contributed by atoms with Crippen LogP contribution in [0.25, 0.3) is 11.6 Å². The highest BCUT2D eigenvalue weighted by molar-refractivity contribution is 7.11. The van der Waals surface area contributed by atoms with E-state index in [-0.39, 0.29) is 5.91 Å². The fraction of sp³-hybridized carbons (Fsp3) is 0.0714. The van der Waals surface area contributed by atoms with Crippen LogP contribution in [0.1, 0.15) is 10.4 Å². The van der Waals surface area contributed by atoms with Gasteiger partial charge in [0.1, 0.15) is 0 Å². The number of hydrogen-bond acceptors (Lipinski definition) is 2. The monoisotopic (exact) mass is 241 g/mol. The van der Waals surface area contributed by atoms with Crippen molar-refractivity contribution in [1.29, 1.82) is 0 Å². The lowest BCUT2D eigenvalue weighted by atomic mass is 10.1. The Morgan fingerprint density at radius 1 is 1.18 bits per heavy atom. The fourth-order valence-electron chi connectivity index (χ4n) is 2.05. The van der Waals surface area contributed by atoms with Crippen molar-refractivity contribution in [2.45, 2.75) is 0 Å². The van der Waals surface area contributed by atoms with Crippen molar-refractivity contribution in [3.8, 4) is 0 Å². The normalized spacial score (nSPS) is 16.6. The molecule has 1 amide bonds. The van der Waals surface area contributed by atoms with Crippen LogP contribution in [0.5, 0.6) is 0 Å². The number of para-hydroxylation sites is 1. The molecular formula is C14H11NOS. The van der Waals surface area contributed by atoms with E-state index in [1.165, 1.54) is 0 Å². The van der Waals surface area contributed by atoms with Gasteiger partial charge in [0.25, 0.3) is 5.91 Å². The highest BCUT2D eigenvalue weighted by Crippen LogP contribution is 2.36. The van der Waals surface area contributed by atoms with E-state index in [9.17, 15) is 4.79 Å². The third-order valence-corrected chi connectivity index (χ3v) is 3.74. The summed E-state index contributed by atoms with van der Waals surface area (Å²) in [5.41, 5.74) is 2.79. The average molecular weight is 241 g/mol. The predicted octanol–water partition coefficient (Wildman–Crippen LogP) is 3.27. The van der Waals surface area contributed by atoms with Crippen molar-refractivity contribution in [2.75, 3.05) is 11.9 Å². The second-order valence-corrected chi connectivity index (χ2v) is 4.93. The summed E-state index contributed by atoms with van der Waals surface area (Å²) >= 11 is 1.64. The molecule has 0 N–H and O–H groups in total. The van der Waals surface area contributed by atoms with E-state index in [4.69, 9.17) is 0 Å². The topological polar surface area (TPSA) is 20.3 Å². The molecule has 0 aliphatic carbocycles. The Morgan fingerprint density at radius 2 is 2.00 bits per heavy atom. The number of nitrogens with zero attached hydrogens (tertiary/aromatic N) is 1. The van der Waals surface area contributed by atoms with Crippen LogP contribution < -0.4 is 4.90 Å². The van der Waals surface area contributed by atoms with Crippen molar-refractivity contribution < 1.29 is 4.79 Å². The van der Waals surface area contributed by atoms with Gasteiger partial charge in [-0.3, -0.25) is 4.79 Å². The van der Waals surface area contributed by atoms with Crippen molar-refractivity contribution in [2.24, 2.45) is 0 Å². The highest BCUT2D eigenvalue weighted by Gasteiger charge is 2.28. The van der Waals surface area contributed by atoms with Crippen LogP contribution in [-0.4, -0.2) is 13.0 Å². The molecule has 1 aromatic heterocycles. The first kappa shape index (κ1) is 10.3. The molecule has 1 aliphatic heterocycles. The van der Waals surface area contributed by atoms with E-state index < -0.39 is 0 Å². The molecule has 0 saturated carbocycles. The number of carbonyl (C=O) groups excluding carboxylic acids is 1. The first-order chi connectivity index (χ1) is 8.27. The van der Waals surface area contributed by atoms with Gasteiger partial charge in [0.2, 0.25) is 0 Å². The summed E-state index contributed by atoms with van der Waals surface area (Å²) in [6.45, 7) is 0. The lowest BCUT2D eigenvalue weighted by molar-refractivity contribution is -0.112. The molecule has 3 rings (SSSR count). The van der Waals surface area contributed by atoms with Crippen molar-refractivity contribution in [3.05, 3.63) is 52.2 Å². The maximum Gasteiger partial charge on any atom is 0.258 e. The number of benzene rings is 1. The summed E-state index contributed by atoms with van der Waals surface area (Å²) in [5.74, 6) is 0.0691. The first-order valence-corrected chi connectivity index (χ1v) is 6.28. The Labute approximate surface area is 104 Å². The van der Waals surface area contributed by atoms with Gasteiger partial charge in [-0.15, -0.1) is 11.3 Å². The Morgan fingerprint density at radius 3 is 2.76 bits per heavy atom. The maximum absolute atomic E-state index is 12.2. The zero-order chi connectivity index (χ0) is 11.8. The molecule has 17 heavy (non-hydrogen) atoms. The van der Waals surface area contributed by atoms with Gasteiger partial charge >= 0.3 is 0 Å². The van der Waals surface area contributed by atoms with Gasteiger partial charge < -0.3 is 4.90 Å². The summed E-state index contributed by atoms with van der Waals surface area (Å²) in [4.78, 5) is 15.0. The number of fused-ring (bicyclic) bond motifs is 1. The Bertz CT molecular complexity index is 598. The van der Waals surface area contributed by atoms with Crippen molar-refractivity contribution in [3.63, 3.8) is 0 Å². The maximum atomic E-state index is 12.2. The zero-order valence-electron chi connectivity index (χ0n) is 9.38. The lowest BCUT2D eigenvalue weighted by Crippen LogP contribution is -2.20. The molecular weight excluding hydrogens is 230 g/mol. The first-order valence-electron chi connectivity index (χ1n) is 5.40. The number of thiophene rings is 1. The summed E-state index contributed by atoms with van der Waals surface area (Å²) in [5, 5.41) is 2.02. The van der Waals surface area contributed by atoms with Crippen LogP contribution in [0.4, 0.5) is 5.69 Å². The van der Waals surface area contributed by atoms with Gasteiger partial charge in [-0.1, -0.05) is 24.3 Å². The van der Waals surface area contributed by atoms with E-state index in [0.29, 0.717) is 0 Å². The standard InChI is InChI=1S/C14H11NOS/c1-15-13-7-3-2-6-11(13)12(14(15)16)9-10-5-4-8-17-10/h2-9H,1H3. The molecule has 1 aromatic carbocycles. The second-order valence-electron chi connectivity index (χ2n) is 3.95. The predicted molar refractivity (Wildman–Crippen MR) is 72.0 cm³/mol. The van der Waals surface area contributed by atoms with Crippen molar-refractivity contribution in [1.82, 2.24) is 0 Å². The minimum Gasteiger partial charge on any atom is -0.311 e. The molecule has 2 nitrogen and oxygen atoms in total. The summed E-state index contributed by atoms with van der Waals surface area (Å²) < 4.78 is 0. The molecule has 0 saturated heterocycles. The summed E-state index contributed by atoms with van der Waals surface area (Å²) in [7, 11) is 1.82. The molecule has 0 atom stereocenters. The van der Waals surface area contributed by atoms with E-state index in [1.807, 2.05) is 54.9 Å². The van der Waals surface area contributed by atoms with E-state index in [1.54, 1.807) is 16.2 Å². The van der Waals surface area contributed by atoms with Crippen LogP contribution in [0.2, 0.25) is 0 Å². The molecule has 84 valence electrons. The van der Waals surface area contributed by atoms with Gasteiger partial charge in [-0.25, -0.2) is 0 Å². The minimum absolute atomic E-state index is 0.0691. The van der Waals surface area contributed by atoms with E-state index >= 15 is 0 Å². The van der Waals surface area contributed by atoms with E-state index in [2.05, 4.69) is 0 Å². The fourth-order valence-corrected chi connectivity index (χ4v) is 2.71. The SMILES string of the molecule is CN1C(=O)C(=Cc2cccs2)c2ccccc21. The molecule has 2 heterocycles. The minimum atomic E-state index is 0.0691. The van der Waals surface area contributed by atoms with Crippen LogP contribution in [0.15, 0.2) is 41.8 Å². The lowest BCUT2D eigenvalue weighted by Gasteiger charge is -2.07. The number of amides is 1. The van der Waals surface area contributed by atoms with Crippen LogP contribution in [0.3, 0.4) is 0 Å². The third kappa shape index (κ3) is 1.59. The Balaban J connectivity index is 2.16. The van der Waals surface area contributed by atoms with Crippen molar-refractivity contribution >= 4 is 34.6 Å². The molecule has 0 spiro atoms. The van der Waals surface area contributed by atoms with Gasteiger partial charge in [0, 0.05) is 17.5 Å². The van der Waals surface area contributed by atoms with Gasteiger partial charge in [-0.05, 0) is 23.6 Å². The number of likely N-dealkylation sites (N-methyl/N-ethyl adjacent to an activating group) is 1. The number of carbonyl (C=O) groups is 1. The second kappa shape index (κ2) is 3.86. The molecule has 0 unspecified atom stereocenters. The molecule has 0 fully saturated rings. The Hall–Kier alpha value is -1.87. The molecule has 2 aromatic rings. The quantitative estimate of drug-likeness (QED) is 0.702. The van der Waals surface area contributed by atoms with Crippen LogP contribution >= 0.6 is 11.3 Å². The smallest absolute Gasteiger partial charge is 0.258 e. The van der Waals surface area contributed by atoms with Gasteiger partial charge in [0.05, 0.1) is 11.3 Å². The number of anilines is 1. The van der Waals surface area contributed by atoms with Crippen LogP contribution in [0, 0.1) is 0 Å². The highest BCUT2D eigenvalue weighted by atomic mass is 32.1. The Kier molecular flexibility index (Phi) is 2.34. The molecule has 3 heteroatoms. The van der Waals surface area contributed by atoms with E-state index in [0.717, 1.165) is 21.7 Å². The summed E-state index contributed by atoms with van der Waals surface area (Å²) in [6.07, 6.45) is 1.97. The zero-order valence-corrected chi connectivity index (χ0v) is 10.2. The molecule has 0 radical (unpaired) electrons.